The van der Waals surface area contributed by atoms with Crippen molar-refractivity contribution < 1.29 is 4.74 Å². The molecular formula is C8H14OS. The summed E-state index contributed by atoms with van der Waals surface area (Å²) in [5, 5.41) is 0. The Morgan fingerprint density at radius 1 is 1.60 bits per heavy atom. The van der Waals surface area contributed by atoms with Crippen LogP contribution in [0.5, 0.6) is 0 Å². The molecule has 0 radical (unpaired) electrons. The van der Waals surface area contributed by atoms with E-state index >= 15 is 0 Å². The van der Waals surface area contributed by atoms with E-state index in [0.717, 1.165) is 19.1 Å². The van der Waals surface area contributed by atoms with Crippen LogP contribution < -0.4 is 0 Å². The Morgan fingerprint density at radius 3 is 3.30 bits per heavy atom. The van der Waals surface area contributed by atoms with Crippen molar-refractivity contribution in [3.8, 4) is 0 Å². The minimum atomic E-state index is 0.531. The Hall–Kier alpha value is 0.310. The fraction of sp³-hybridized carbons (Fsp3) is 1.00. The number of rotatable bonds is 0. The maximum atomic E-state index is 5.48. The molecule has 1 nitrogen and oxygen atoms in total. The summed E-state index contributed by atoms with van der Waals surface area (Å²) in [5.41, 5.74) is 0.531. The second-order valence-electron chi connectivity index (χ2n) is 3.71. The number of thioether (sulfide) groups is 1. The molecular weight excluding hydrogens is 144 g/mol. The van der Waals surface area contributed by atoms with Gasteiger partial charge in [-0.1, -0.05) is 6.92 Å². The van der Waals surface area contributed by atoms with Crippen LogP contribution in [0.2, 0.25) is 0 Å². The average molecular weight is 158 g/mol. The summed E-state index contributed by atoms with van der Waals surface area (Å²) < 4.78 is 5.48. The zero-order valence-corrected chi connectivity index (χ0v) is 7.25. The minimum Gasteiger partial charge on any atom is -0.381 e. The fourth-order valence-corrected chi connectivity index (χ4v) is 3.26. The van der Waals surface area contributed by atoms with Gasteiger partial charge in [0.2, 0.25) is 0 Å². The molecule has 2 heteroatoms. The molecule has 2 saturated heterocycles. The van der Waals surface area contributed by atoms with Crippen molar-refractivity contribution in [3.63, 3.8) is 0 Å². The van der Waals surface area contributed by atoms with Crippen molar-refractivity contribution in [1.29, 1.82) is 0 Å². The highest BCUT2D eigenvalue weighted by Crippen LogP contribution is 2.43. The van der Waals surface area contributed by atoms with Crippen molar-refractivity contribution in [3.05, 3.63) is 0 Å². The predicted octanol–water partition coefficient (Wildman–Crippen LogP) is 1.78. The van der Waals surface area contributed by atoms with Gasteiger partial charge in [-0.3, -0.25) is 0 Å². The summed E-state index contributed by atoms with van der Waals surface area (Å²) in [6.45, 7) is 4.40. The van der Waals surface area contributed by atoms with Gasteiger partial charge >= 0.3 is 0 Å². The highest BCUT2D eigenvalue weighted by atomic mass is 32.2. The largest absolute Gasteiger partial charge is 0.381 e. The van der Waals surface area contributed by atoms with E-state index in [1.165, 1.54) is 17.9 Å². The van der Waals surface area contributed by atoms with Crippen LogP contribution in [-0.4, -0.2) is 24.7 Å². The lowest BCUT2D eigenvalue weighted by molar-refractivity contribution is 0.168. The Bertz CT molecular complexity index is 137. The molecule has 58 valence electrons. The van der Waals surface area contributed by atoms with Gasteiger partial charge in [0.25, 0.3) is 0 Å². The highest BCUT2D eigenvalue weighted by molar-refractivity contribution is 7.99. The van der Waals surface area contributed by atoms with Crippen molar-refractivity contribution in [2.45, 2.75) is 13.3 Å². The zero-order chi connectivity index (χ0) is 7.03. The summed E-state index contributed by atoms with van der Waals surface area (Å²) in [5.74, 6) is 3.54. The molecule has 2 heterocycles. The molecule has 0 amide bonds. The monoisotopic (exact) mass is 158 g/mol. The van der Waals surface area contributed by atoms with Crippen LogP contribution in [0.3, 0.4) is 0 Å². The van der Waals surface area contributed by atoms with Crippen molar-refractivity contribution in [1.82, 2.24) is 0 Å². The van der Waals surface area contributed by atoms with Gasteiger partial charge in [-0.2, -0.15) is 11.8 Å². The molecule has 2 unspecified atom stereocenters. The maximum absolute atomic E-state index is 5.48. The van der Waals surface area contributed by atoms with Crippen molar-refractivity contribution in [2.75, 3.05) is 24.7 Å². The van der Waals surface area contributed by atoms with Gasteiger partial charge < -0.3 is 4.74 Å². The smallest absolute Gasteiger partial charge is 0.0531 e. The lowest BCUT2D eigenvalue weighted by atomic mass is 9.80. The Kier molecular flexibility index (Phi) is 1.69. The van der Waals surface area contributed by atoms with Gasteiger partial charge in [0, 0.05) is 11.2 Å². The molecule has 0 aromatic rings. The van der Waals surface area contributed by atoms with Crippen LogP contribution in [0.25, 0.3) is 0 Å². The van der Waals surface area contributed by atoms with Gasteiger partial charge in [-0.05, 0) is 18.1 Å². The summed E-state index contributed by atoms with van der Waals surface area (Å²) in [6, 6.07) is 0. The first-order chi connectivity index (χ1) is 4.81. The first kappa shape index (κ1) is 6.99. The van der Waals surface area contributed by atoms with E-state index < -0.39 is 0 Å². The molecule has 0 N–H and O–H groups in total. The molecule has 0 saturated carbocycles. The first-order valence-corrected chi connectivity index (χ1v) is 5.12. The molecule has 0 spiro atoms. The van der Waals surface area contributed by atoms with Crippen LogP contribution in [-0.2, 0) is 4.74 Å². The van der Waals surface area contributed by atoms with Crippen LogP contribution in [0.15, 0.2) is 0 Å². The molecule has 10 heavy (non-hydrogen) atoms. The number of fused-ring (bicyclic) bond motifs is 1. The first-order valence-electron chi connectivity index (χ1n) is 3.97. The molecule has 0 aromatic heterocycles. The van der Waals surface area contributed by atoms with Gasteiger partial charge in [0.1, 0.15) is 0 Å². The van der Waals surface area contributed by atoms with E-state index in [-0.39, 0.29) is 0 Å². The fourth-order valence-electron chi connectivity index (χ4n) is 1.88. The van der Waals surface area contributed by atoms with E-state index in [1.54, 1.807) is 0 Å². The SMILES string of the molecule is CC12COCC1CCSC2. The zero-order valence-electron chi connectivity index (χ0n) is 6.43. The lowest BCUT2D eigenvalue weighted by Gasteiger charge is -2.33. The maximum Gasteiger partial charge on any atom is 0.0531 e. The number of ether oxygens (including phenoxy) is 1. The van der Waals surface area contributed by atoms with Gasteiger partial charge in [0.15, 0.2) is 0 Å². The molecule has 2 atom stereocenters. The van der Waals surface area contributed by atoms with Gasteiger partial charge in [-0.25, -0.2) is 0 Å². The van der Waals surface area contributed by atoms with Crippen LogP contribution in [0, 0.1) is 11.3 Å². The number of hydrogen-bond donors (Lipinski definition) is 0. The van der Waals surface area contributed by atoms with Crippen LogP contribution in [0.4, 0.5) is 0 Å². The standard InChI is InChI=1S/C8H14OS/c1-8-5-9-4-7(8)2-3-10-6-8/h7H,2-6H2,1H3. The molecule has 2 aliphatic heterocycles. The number of hydrogen-bond acceptors (Lipinski definition) is 2. The van der Waals surface area contributed by atoms with Crippen LogP contribution >= 0.6 is 11.8 Å². The Labute approximate surface area is 66.5 Å². The van der Waals surface area contributed by atoms with E-state index in [4.69, 9.17) is 4.74 Å². The van der Waals surface area contributed by atoms with E-state index in [1.807, 2.05) is 0 Å². The molecule has 2 rings (SSSR count). The summed E-state index contributed by atoms with van der Waals surface area (Å²) in [6.07, 6.45) is 1.38. The molecule has 2 fully saturated rings. The third-order valence-electron chi connectivity index (χ3n) is 2.78. The second-order valence-corrected chi connectivity index (χ2v) is 4.81. The minimum absolute atomic E-state index is 0.531. The normalized spacial score (nSPS) is 47.1. The Balaban J connectivity index is 2.10. The quantitative estimate of drug-likeness (QED) is 0.531. The third-order valence-corrected chi connectivity index (χ3v) is 4.17. The molecule has 0 bridgehead atoms. The van der Waals surface area contributed by atoms with E-state index in [0.29, 0.717) is 5.41 Å². The highest BCUT2D eigenvalue weighted by Gasteiger charge is 2.41. The van der Waals surface area contributed by atoms with Gasteiger partial charge in [0.05, 0.1) is 13.2 Å². The summed E-state index contributed by atoms with van der Waals surface area (Å²) in [7, 11) is 0. The Morgan fingerprint density at radius 2 is 2.50 bits per heavy atom. The van der Waals surface area contributed by atoms with Crippen molar-refractivity contribution >= 4 is 11.8 Å². The van der Waals surface area contributed by atoms with Crippen molar-refractivity contribution in [2.24, 2.45) is 11.3 Å². The van der Waals surface area contributed by atoms with E-state index in [9.17, 15) is 0 Å². The van der Waals surface area contributed by atoms with Crippen LogP contribution in [0.1, 0.15) is 13.3 Å². The van der Waals surface area contributed by atoms with E-state index in [2.05, 4.69) is 18.7 Å². The van der Waals surface area contributed by atoms with Gasteiger partial charge in [-0.15, -0.1) is 0 Å². The topological polar surface area (TPSA) is 9.23 Å². The predicted molar refractivity (Wildman–Crippen MR) is 44.4 cm³/mol. The third kappa shape index (κ3) is 0.978. The lowest BCUT2D eigenvalue weighted by Crippen LogP contribution is -2.32. The average Bonchev–Trinajstić information content (AvgIpc) is 2.29. The molecule has 2 aliphatic rings. The summed E-state index contributed by atoms with van der Waals surface area (Å²) in [4.78, 5) is 0. The summed E-state index contributed by atoms with van der Waals surface area (Å²) >= 11 is 2.09. The molecule has 0 aromatic carbocycles. The molecule has 0 aliphatic carbocycles. The second kappa shape index (κ2) is 2.42.